The summed E-state index contributed by atoms with van der Waals surface area (Å²) in [7, 11) is 0. The molecule has 1 amide bonds. The molecule has 2 bridgehead atoms. The fourth-order valence-corrected chi connectivity index (χ4v) is 4.34. The van der Waals surface area contributed by atoms with Crippen LogP contribution in [0.2, 0.25) is 0 Å². The molecule has 4 rings (SSSR count). The second kappa shape index (κ2) is 5.81. The van der Waals surface area contributed by atoms with Gasteiger partial charge >= 0.3 is 0 Å². The van der Waals surface area contributed by atoms with E-state index < -0.39 is 0 Å². The predicted octanol–water partition coefficient (Wildman–Crippen LogP) is 2.57. The highest BCUT2D eigenvalue weighted by Crippen LogP contribution is 2.35. The zero-order valence-corrected chi connectivity index (χ0v) is 13.5. The maximum absolute atomic E-state index is 12.5. The van der Waals surface area contributed by atoms with Gasteiger partial charge < -0.3 is 9.47 Å². The van der Waals surface area contributed by atoms with Crippen LogP contribution in [-0.2, 0) is 11.3 Å². The van der Waals surface area contributed by atoms with Gasteiger partial charge in [0.2, 0.25) is 5.91 Å². The van der Waals surface area contributed by atoms with Crippen molar-refractivity contribution < 1.29 is 4.79 Å². The lowest BCUT2D eigenvalue weighted by atomic mass is 9.83. The summed E-state index contributed by atoms with van der Waals surface area (Å²) in [5.41, 5.74) is 1.16. The number of likely N-dealkylation sites (tertiary alicyclic amines) is 1. The minimum absolute atomic E-state index is 0.0693. The smallest absolute Gasteiger partial charge is 0.250 e. The molecule has 2 aromatic heterocycles. The Kier molecular flexibility index (Phi) is 3.65. The van der Waals surface area contributed by atoms with Crippen molar-refractivity contribution in [3.05, 3.63) is 62.7 Å². The topological polar surface area (TPSA) is 42.3 Å². The van der Waals surface area contributed by atoms with Crippen LogP contribution in [0.25, 0.3) is 6.08 Å². The fraction of sp³-hybridized carbons (Fsp3) is 0.333. The first-order valence-electron chi connectivity index (χ1n) is 7.91. The van der Waals surface area contributed by atoms with Crippen LogP contribution in [0.1, 0.15) is 22.9 Å². The van der Waals surface area contributed by atoms with Crippen LogP contribution in [0.15, 0.2) is 46.6 Å². The molecule has 0 aromatic carbocycles. The molecule has 118 valence electrons. The maximum Gasteiger partial charge on any atom is 0.250 e. The largest absolute Gasteiger partial charge is 0.338 e. The molecular weight excluding hydrogens is 308 g/mol. The number of thiophene rings is 1. The number of piperidine rings is 1. The number of amides is 1. The highest BCUT2D eigenvalue weighted by atomic mass is 32.1. The number of fused-ring (bicyclic) bond motifs is 4. The number of carbonyl (C=O) groups is 1. The molecule has 23 heavy (non-hydrogen) atoms. The highest BCUT2D eigenvalue weighted by molar-refractivity contribution is 7.10. The van der Waals surface area contributed by atoms with Gasteiger partial charge in [-0.25, -0.2) is 0 Å². The lowest BCUT2D eigenvalue weighted by molar-refractivity contribution is -0.128. The second-order valence-corrected chi connectivity index (χ2v) is 7.27. The average Bonchev–Trinajstić information content (AvgIpc) is 3.07. The quantitative estimate of drug-likeness (QED) is 0.796. The second-order valence-electron chi connectivity index (χ2n) is 6.29. The van der Waals surface area contributed by atoms with Gasteiger partial charge in [-0.15, -0.1) is 11.3 Å². The van der Waals surface area contributed by atoms with Crippen LogP contribution in [0.3, 0.4) is 0 Å². The third kappa shape index (κ3) is 2.77. The van der Waals surface area contributed by atoms with Crippen molar-refractivity contribution in [2.75, 3.05) is 13.1 Å². The Balaban J connectivity index is 1.54. The van der Waals surface area contributed by atoms with Gasteiger partial charge in [-0.1, -0.05) is 12.1 Å². The molecule has 0 spiro atoms. The number of hydrogen-bond donors (Lipinski definition) is 0. The van der Waals surface area contributed by atoms with Crippen LogP contribution in [-0.4, -0.2) is 28.5 Å². The Morgan fingerprint density at radius 3 is 2.91 bits per heavy atom. The Morgan fingerprint density at radius 1 is 1.17 bits per heavy atom. The minimum Gasteiger partial charge on any atom is -0.338 e. The standard InChI is InChI=1S/C18H18N2O2S/c21-17(7-6-15-3-2-8-23-15)19-10-13-9-14(12-19)16-4-1-5-18(22)20(16)11-13/h1-8,13-14H,9-12H2/b7-6+/t13-,14-/m0/s1. The number of rotatable bonds is 2. The number of nitrogens with zero attached hydrogens (tertiary/aromatic N) is 2. The maximum atomic E-state index is 12.5. The van der Waals surface area contributed by atoms with E-state index in [0.717, 1.165) is 30.1 Å². The Morgan fingerprint density at radius 2 is 2.09 bits per heavy atom. The summed E-state index contributed by atoms with van der Waals surface area (Å²) >= 11 is 1.63. The zero-order valence-electron chi connectivity index (χ0n) is 12.7. The van der Waals surface area contributed by atoms with Crippen molar-refractivity contribution in [2.24, 2.45) is 5.92 Å². The monoisotopic (exact) mass is 326 g/mol. The van der Waals surface area contributed by atoms with E-state index in [1.54, 1.807) is 23.5 Å². The van der Waals surface area contributed by atoms with E-state index in [4.69, 9.17) is 0 Å². The molecule has 2 aliphatic heterocycles. The van der Waals surface area contributed by atoms with E-state index in [-0.39, 0.29) is 17.4 Å². The number of aromatic nitrogens is 1. The van der Waals surface area contributed by atoms with Crippen molar-refractivity contribution in [1.29, 1.82) is 0 Å². The highest BCUT2D eigenvalue weighted by Gasteiger charge is 2.35. The first-order valence-corrected chi connectivity index (χ1v) is 8.79. The summed E-state index contributed by atoms with van der Waals surface area (Å²) in [6, 6.07) is 9.46. The summed E-state index contributed by atoms with van der Waals surface area (Å²) < 4.78 is 1.89. The molecule has 1 fully saturated rings. The molecule has 2 aliphatic rings. The van der Waals surface area contributed by atoms with Crippen molar-refractivity contribution in [2.45, 2.75) is 18.9 Å². The van der Waals surface area contributed by atoms with Gasteiger partial charge in [0, 0.05) is 48.3 Å². The van der Waals surface area contributed by atoms with Crippen molar-refractivity contribution >= 4 is 23.3 Å². The summed E-state index contributed by atoms with van der Waals surface area (Å²) in [6.07, 6.45) is 4.63. The average molecular weight is 326 g/mol. The molecule has 2 atom stereocenters. The Hall–Kier alpha value is -2.14. The summed E-state index contributed by atoms with van der Waals surface area (Å²) in [5.74, 6) is 0.718. The minimum atomic E-state index is 0.0693. The first-order chi connectivity index (χ1) is 11.2. The van der Waals surface area contributed by atoms with Gasteiger partial charge in [-0.05, 0) is 35.9 Å². The number of carbonyl (C=O) groups excluding carboxylic acids is 1. The SMILES string of the molecule is O=C(/C=C/c1cccs1)N1C[C@@H]2C[C@@H](C1)c1cccc(=O)n1C2. The molecule has 0 saturated carbocycles. The molecule has 2 aromatic rings. The molecule has 1 saturated heterocycles. The lowest BCUT2D eigenvalue weighted by Crippen LogP contribution is -2.48. The van der Waals surface area contributed by atoms with E-state index >= 15 is 0 Å². The summed E-state index contributed by atoms with van der Waals surface area (Å²) in [5, 5.41) is 2.00. The molecule has 4 nitrogen and oxygen atoms in total. The van der Waals surface area contributed by atoms with Gasteiger partial charge in [-0.2, -0.15) is 0 Å². The van der Waals surface area contributed by atoms with E-state index in [1.165, 1.54) is 0 Å². The van der Waals surface area contributed by atoms with Crippen LogP contribution < -0.4 is 5.56 Å². The Bertz CT molecular complexity index is 807. The van der Waals surface area contributed by atoms with Crippen LogP contribution in [0.5, 0.6) is 0 Å². The zero-order chi connectivity index (χ0) is 15.8. The Labute approximate surface area is 138 Å². The van der Waals surface area contributed by atoms with Gasteiger partial charge in [0.1, 0.15) is 0 Å². The van der Waals surface area contributed by atoms with Gasteiger partial charge in [-0.3, -0.25) is 9.59 Å². The molecule has 0 N–H and O–H groups in total. The third-order valence-electron chi connectivity index (χ3n) is 4.72. The molecule has 4 heterocycles. The lowest BCUT2D eigenvalue weighted by Gasteiger charge is -2.42. The molecule has 0 aliphatic carbocycles. The van der Waals surface area contributed by atoms with Crippen molar-refractivity contribution in [3.8, 4) is 0 Å². The van der Waals surface area contributed by atoms with Crippen LogP contribution in [0, 0.1) is 5.92 Å². The number of hydrogen-bond acceptors (Lipinski definition) is 3. The van der Waals surface area contributed by atoms with Crippen molar-refractivity contribution in [1.82, 2.24) is 9.47 Å². The first kappa shape index (κ1) is 14.5. The van der Waals surface area contributed by atoms with E-state index in [1.807, 2.05) is 45.2 Å². The van der Waals surface area contributed by atoms with Gasteiger partial charge in [0.05, 0.1) is 0 Å². The van der Waals surface area contributed by atoms with Crippen LogP contribution in [0.4, 0.5) is 0 Å². The summed E-state index contributed by atoms with van der Waals surface area (Å²) in [6.45, 7) is 2.17. The van der Waals surface area contributed by atoms with Gasteiger partial charge in [0.25, 0.3) is 5.56 Å². The fourth-order valence-electron chi connectivity index (χ4n) is 3.72. The molecule has 0 radical (unpaired) electrons. The molecule has 0 unspecified atom stereocenters. The third-order valence-corrected chi connectivity index (χ3v) is 5.56. The molecule has 5 heteroatoms. The molecular formula is C18H18N2O2S. The van der Waals surface area contributed by atoms with Crippen molar-refractivity contribution in [3.63, 3.8) is 0 Å². The van der Waals surface area contributed by atoms with Gasteiger partial charge in [0.15, 0.2) is 0 Å². The van der Waals surface area contributed by atoms with E-state index in [0.29, 0.717) is 12.5 Å². The summed E-state index contributed by atoms with van der Waals surface area (Å²) in [4.78, 5) is 27.5. The number of pyridine rings is 1. The van der Waals surface area contributed by atoms with E-state index in [2.05, 4.69) is 0 Å². The van der Waals surface area contributed by atoms with Crippen LogP contribution >= 0.6 is 11.3 Å². The van der Waals surface area contributed by atoms with E-state index in [9.17, 15) is 9.59 Å². The normalized spacial score (nSPS) is 23.0. The predicted molar refractivity (Wildman–Crippen MR) is 91.5 cm³/mol.